The first-order chi connectivity index (χ1) is 11.2. The van der Waals surface area contributed by atoms with Crippen molar-refractivity contribution in [2.24, 2.45) is 0 Å². The molecule has 0 radical (unpaired) electrons. The quantitative estimate of drug-likeness (QED) is 0.917. The molecule has 122 valence electrons. The Morgan fingerprint density at radius 1 is 1.39 bits per heavy atom. The lowest BCUT2D eigenvalue weighted by Crippen LogP contribution is -2.41. The number of rotatable bonds is 5. The highest BCUT2D eigenvalue weighted by molar-refractivity contribution is 7.09. The molecular formula is C18H23N3OS. The van der Waals surface area contributed by atoms with Gasteiger partial charge in [0.05, 0.1) is 17.2 Å². The Hall–Kier alpha value is -1.72. The minimum absolute atomic E-state index is 0.104. The van der Waals surface area contributed by atoms with Crippen LogP contribution in [-0.4, -0.2) is 28.9 Å². The largest absolute Gasteiger partial charge is 0.337 e. The lowest BCUT2D eigenvalue weighted by molar-refractivity contribution is -0.131. The Balaban J connectivity index is 1.53. The zero-order valence-corrected chi connectivity index (χ0v) is 14.5. The number of carbonyl (C=O) groups excluding carboxylic acids is 1. The fourth-order valence-corrected chi connectivity index (χ4v) is 3.69. The lowest BCUT2D eigenvalue weighted by Gasteiger charge is -2.29. The van der Waals surface area contributed by atoms with Gasteiger partial charge in [-0.3, -0.25) is 4.79 Å². The van der Waals surface area contributed by atoms with E-state index in [1.54, 1.807) is 11.3 Å². The second-order valence-corrected chi connectivity index (χ2v) is 6.90. The number of hydrogen-bond donors (Lipinski definition) is 1. The van der Waals surface area contributed by atoms with Crippen molar-refractivity contribution in [1.29, 1.82) is 0 Å². The molecule has 1 aromatic heterocycles. The van der Waals surface area contributed by atoms with E-state index in [-0.39, 0.29) is 11.9 Å². The molecule has 0 saturated heterocycles. The molecule has 2 heterocycles. The zero-order valence-electron chi connectivity index (χ0n) is 13.7. The van der Waals surface area contributed by atoms with Crippen molar-refractivity contribution in [3.8, 4) is 0 Å². The van der Waals surface area contributed by atoms with Crippen molar-refractivity contribution in [3.63, 3.8) is 0 Å². The fraction of sp³-hybridized carbons (Fsp3) is 0.444. The van der Waals surface area contributed by atoms with Crippen LogP contribution in [-0.2, 0) is 24.2 Å². The number of hydrogen-bond acceptors (Lipinski definition) is 4. The van der Waals surface area contributed by atoms with Crippen LogP contribution >= 0.6 is 11.3 Å². The number of thiazole rings is 1. The third-order valence-electron chi connectivity index (χ3n) is 4.36. The maximum Gasteiger partial charge on any atom is 0.236 e. The number of nitrogens with zero attached hydrogens (tertiary/aromatic N) is 2. The van der Waals surface area contributed by atoms with Crippen LogP contribution in [0.3, 0.4) is 0 Å². The van der Waals surface area contributed by atoms with E-state index in [0.717, 1.165) is 36.6 Å². The Labute approximate surface area is 141 Å². The topological polar surface area (TPSA) is 45.2 Å². The van der Waals surface area contributed by atoms with E-state index in [4.69, 9.17) is 0 Å². The molecule has 3 rings (SSSR count). The van der Waals surface area contributed by atoms with Gasteiger partial charge in [-0.1, -0.05) is 31.2 Å². The summed E-state index contributed by atoms with van der Waals surface area (Å²) in [6, 6.07) is 8.49. The first kappa shape index (κ1) is 16.1. The summed E-state index contributed by atoms with van der Waals surface area (Å²) in [6.07, 6.45) is 1.91. The van der Waals surface area contributed by atoms with Crippen LogP contribution < -0.4 is 5.32 Å². The number of benzene rings is 1. The third-order valence-corrected chi connectivity index (χ3v) is 5.37. The molecule has 0 spiro atoms. The summed E-state index contributed by atoms with van der Waals surface area (Å²) in [7, 11) is 0. The van der Waals surface area contributed by atoms with Crippen LogP contribution in [0.1, 0.15) is 41.7 Å². The zero-order chi connectivity index (χ0) is 16.2. The van der Waals surface area contributed by atoms with E-state index in [9.17, 15) is 4.79 Å². The van der Waals surface area contributed by atoms with Crippen LogP contribution in [0.5, 0.6) is 0 Å². The summed E-state index contributed by atoms with van der Waals surface area (Å²) in [6.45, 7) is 6.07. The molecule has 0 aliphatic carbocycles. The molecule has 1 N–H and O–H groups in total. The predicted molar refractivity (Wildman–Crippen MR) is 93.5 cm³/mol. The molecular weight excluding hydrogens is 306 g/mol. The summed E-state index contributed by atoms with van der Waals surface area (Å²) in [5, 5.41) is 6.54. The van der Waals surface area contributed by atoms with Crippen molar-refractivity contribution < 1.29 is 4.79 Å². The highest BCUT2D eigenvalue weighted by Crippen LogP contribution is 2.19. The summed E-state index contributed by atoms with van der Waals surface area (Å²) in [4.78, 5) is 19.0. The highest BCUT2D eigenvalue weighted by Gasteiger charge is 2.20. The average molecular weight is 329 g/mol. The fourth-order valence-electron chi connectivity index (χ4n) is 2.85. The highest BCUT2D eigenvalue weighted by atomic mass is 32.1. The smallest absolute Gasteiger partial charge is 0.236 e. The van der Waals surface area contributed by atoms with Crippen LogP contribution in [0.15, 0.2) is 29.6 Å². The van der Waals surface area contributed by atoms with Crippen LogP contribution in [0.2, 0.25) is 0 Å². The Morgan fingerprint density at radius 3 is 2.91 bits per heavy atom. The standard InChI is InChI=1S/C18H23N3OS/c1-3-17-20-16(12-23-17)13(2)19-10-18(22)21-9-8-14-6-4-5-7-15(14)11-21/h4-7,12-13,19H,3,8-11H2,1-2H3. The van der Waals surface area contributed by atoms with E-state index >= 15 is 0 Å². The van der Waals surface area contributed by atoms with Crippen molar-refractivity contribution in [3.05, 3.63) is 51.5 Å². The van der Waals surface area contributed by atoms with Gasteiger partial charge in [-0.05, 0) is 30.9 Å². The van der Waals surface area contributed by atoms with E-state index in [2.05, 4.69) is 47.7 Å². The summed E-state index contributed by atoms with van der Waals surface area (Å²) in [5.74, 6) is 0.164. The molecule has 0 bridgehead atoms. The molecule has 23 heavy (non-hydrogen) atoms. The molecule has 1 aromatic carbocycles. The molecule has 0 fully saturated rings. The Bertz CT molecular complexity index is 682. The van der Waals surface area contributed by atoms with Crippen LogP contribution in [0.4, 0.5) is 0 Å². The second-order valence-electron chi connectivity index (χ2n) is 5.96. The molecule has 1 unspecified atom stereocenters. The maximum atomic E-state index is 12.5. The number of nitrogens with one attached hydrogen (secondary N) is 1. The van der Waals surface area contributed by atoms with Gasteiger partial charge in [-0.15, -0.1) is 11.3 Å². The van der Waals surface area contributed by atoms with Gasteiger partial charge in [0, 0.05) is 24.5 Å². The number of fused-ring (bicyclic) bond motifs is 1. The van der Waals surface area contributed by atoms with Crippen molar-refractivity contribution in [1.82, 2.24) is 15.2 Å². The van der Waals surface area contributed by atoms with Gasteiger partial charge >= 0.3 is 0 Å². The first-order valence-electron chi connectivity index (χ1n) is 8.19. The SMILES string of the molecule is CCc1nc(C(C)NCC(=O)N2CCc3ccccc3C2)cs1. The Kier molecular flexibility index (Phi) is 5.08. The normalized spacial score (nSPS) is 15.3. The minimum atomic E-state index is 0.104. The molecule has 5 heteroatoms. The molecule has 1 amide bonds. The van der Waals surface area contributed by atoms with E-state index in [1.165, 1.54) is 11.1 Å². The van der Waals surface area contributed by atoms with Gasteiger partial charge in [0.2, 0.25) is 5.91 Å². The van der Waals surface area contributed by atoms with E-state index in [1.807, 2.05) is 11.0 Å². The average Bonchev–Trinajstić information content (AvgIpc) is 3.08. The van der Waals surface area contributed by atoms with E-state index < -0.39 is 0 Å². The van der Waals surface area contributed by atoms with Gasteiger partial charge in [0.25, 0.3) is 0 Å². The van der Waals surface area contributed by atoms with Gasteiger partial charge in [-0.25, -0.2) is 4.98 Å². The van der Waals surface area contributed by atoms with Crippen molar-refractivity contribution >= 4 is 17.2 Å². The minimum Gasteiger partial charge on any atom is -0.337 e. The van der Waals surface area contributed by atoms with Crippen LogP contribution in [0.25, 0.3) is 0 Å². The molecule has 2 aromatic rings. The first-order valence-corrected chi connectivity index (χ1v) is 9.07. The molecule has 1 aliphatic heterocycles. The molecule has 1 aliphatic rings. The summed E-state index contributed by atoms with van der Waals surface area (Å²) in [5.41, 5.74) is 3.67. The second kappa shape index (κ2) is 7.23. The summed E-state index contributed by atoms with van der Waals surface area (Å²) < 4.78 is 0. The lowest BCUT2D eigenvalue weighted by atomic mass is 10.00. The van der Waals surface area contributed by atoms with Gasteiger partial charge in [0.1, 0.15) is 0 Å². The molecule has 1 atom stereocenters. The van der Waals surface area contributed by atoms with Crippen LogP contribution in [0, 0.1) is 0 Å². The Morgan fingerprint density at radius 2 is 2.17 bits per heavy atom. The van der Waals surface area contributed by atoms with E-state index in [0.29, 0.717) is 6.54 Å². The number of aryl methyl sites for hydroxylation is 1. The molecule has 0 saturated carbocycles. The predicted octanol–water partition coefficient (Wildman–Crippen LogP) is 2.94. The number of aromatic nitrogens is 1. The number of amides is 1. The summed E-state index contributed by atoms with van der Waals surface area (Å²) >= 11 is 1.69. The van der Waals surface area contributed by atoms with Crippen molar-refractivity contribution in [2.45, 2.75) is 39.3 Å². The maximum absolute atomic E-state index is 12.5. The van der Waals surface area contributed by atoms with Crippen molar-refractivity contribution in [2.75, 3.05) is 13.1 Å². The number of carbonyl (C=O) groups is 1. The third kappa shape index (κ3) is 3.79. The van der Waals surface area contributed by atoms with Gasteiger partial charge < -0.3 is 10.2 Å². The van der Waals surface area contributed by atoms with Gasteiger partial charge in [0.15, 0.2) is 0 Å². The monoisotopic (exact) mass is 329 g/mol. The molecule has 4 nitrogen and oxygen atoms in total. The van der Waals surface area contributed by atoms with Gasteiger partial charge in [-0.2, -0.15) is 0 Å².